The zero-order chi connectivity index (χ0) is 14.7. The second-order valence-electron chi connectivity index (χ2n) is 5.19. The van der Waals surface area contributed by atoms with Crippen LogP contribution < -0.4 is 10.6 Å². The van der Waals surface area contributed by atoms with E-state index in [0.717, 1.165) is 6.54 Å². The van der Waals surface area contributed by atoms with E-state index in [-0.39, 0.29) is 23.4 Å². The van der Waals surface area contributed by atoms with Crippen molar-refractivity contribution in [1.82, 2.24) is 5.32 Å². The lowest BCUT2D eigenvalue weighted by Crippen LogP contribution is -2.27. The van der Waals surface area contributed by atoms with Crippen LogP contribution in [0.15, 0.2) is 18.2 Å². The third-order valence-electron chi connectivity index (χ3n) is 3.78. The number of carbonyl (C=O) groups is 1. The Morgan fingerprint density at radius 2 is 2.25 bits per heavy atom. The number of hydrogen-bond acceptors (Lipinski definition) is 4. The van der Waals surface area contributed by atoms with Crippen molar-refractivity contribution in [2.24, 2.45) is 11.8 Å². The largest absolute Gasteiger partial charge is 0.326 e. The molecule has 1 aromatic carbocycles. The fourth-order valence-electron chi connectivity index (χ4n) is 2.51. The Labute approximate surface area is 117 Å². The molecular formula is C14H19N3O3. The number of hydrogen-bond donors (Lipinski definition) is 2. The molecule has 2 N–H and O–H groups in total. The van der Waals surface area contributed by atoms with E-state index in [1.807, 2.05) is 13.8 Å². The number of carbonyl (C=O) groups excluding carboxylic acids is 1. The normalized spacial score (nSPS) is 21.7. The van der Waals surface area contributed by atoms with E-state index in [2.05, 4.69) is 10.6 Å². The van der Waals surface area contributed by atoms with E-state index in [9.17, 15) is 14.9 Å². The minimum Gasteiger partial charge on any atom is -0.326 e. The molecule has 0 unspecified atom stereocenters. The molecule has 2 rings (SSSR count). The van der Waals surface area contributed by atoms with Crippen LogP contribution in [0.2, 0.25) is 0 Å². The Balaban J connectivity index is 2.15. The van der Waals surface area contributed by atoms with Crippen molar-refractivity contribution in [3.63, 3.8) is 0 Å². The number of amides is 1. The van der Waals surface area contributed by atoms with E-state index in [1.165, 1.54) is 6.07 Å². The van der Waals surface area contributed by atoms with Crippen molar-refractivity contribution in [3.05, 3.63) is 33.9 Å². The molecule has 1 amide bonds. The van der Waals surface area contributed by atoms with Crippen LogP contribution in [0.25, 0.3) is 0 Å². The summed E-state index contributed by atoms with van der Waals surface area (Å²) in [7, 11) is 0. The van der Waals surface area contributed by atoms with Crippen LogP contribution in [0.5, 0.6) is 0 Å². The third kappa shape index (κ3) is 2.96. The number of nitro benzene ring substituents is 1. The van der Waals surface area contributed by atoms with Gasteiger partial charge in [-0.2, -0.15) is 0 Å². The van der Waals surface area contributed by atoms with E-state index < -0.39 is 4.92 Å². The average molecular weight is 277 g/mol. The molecule has 0 aromatic heterocycles. The van der Waals surface area contributed by atoms with E-state index in [1.54, 1.807) is 12.1 Å². The number of anilines is 1. The van der Waals surface area contributed by atoms with Crippen molar-refractivity contribution >= 4 is 17.3 Å². The van der Waals surface area contributed by atoms with Crippen LogP contribution in [0.3, 0.4) is 0 Å². The maximum atomic E-state index is 12.1. The molecule has 0 aliphatic carbocycles. The van der Waals surface area contributed by atoms with Crippen molar-refractivity contribution in [2.75, 3.05) is 18.4 Å². The van der Waals surface area contributed by atoms with Crippen LogP contribution in [-0.4, -0.2) is 23.9 Å². The highest BCUT2D eigenvalue weighted by Crippen LogP contribution is 2.25. The smallest absolute Gasteiger partial charge is 0.274 e. The van der Waals surface area contributed by atoms with Crippen molar-refractivity contribution < 1.29 is 9.72 Å². The molecule has 1 aromatic rings. The van der Waals surface area contributed by atoms with Gasteiger partial charge in [0.15, 0.2) is 0 Å². The second kappa shape index (κ2) is 6.00. The fourth-order valence-corrected chi connectivity index (χ4v) is 2.51. The monoisotopic (exact) mass is 277 g/mol. The van der Waals surface area contributed by atoms with Crippen molar-refractivity contribution in [1.29, 1.82) is 0 Å². The highest BCUT2D eigenvalue weighted by Gasteiger charge is 2.29. The quantitative estimate of drug-likeness (QED) is 0.650. The number of nitrogens with zero attached hydrogens (tertiary/aromatic N) is 1. The van der Waals surface area contributed by atoms with E-state index in [4.69, 9.17) is 0 Å². The van der Waals surface area contributed by atoms with Crippen LogP contribution in [0.4, 0.5) is 11.4 Å². The minimum absolute atomic E-state index is 0.0582. The van der Waals surface area contributed by atoms with Gasteiger partial charge >= 0.3 is 0 Å². The molecule has 0 spiro atoms. The minimum atomic E-state index is -0.408. The molecule has 0 saturated carbocycles. The molecule has 1 aliphatic heterocycles. The topological polar surface area (TPSA) is 84.3 Å². The summed E-state index contributed by atoms with van der Waals surface area (Å²) in [5, 5.41) is 17.0. The molecule has 0 bridgehead atoms. The first-order valence-electron chi connectivity index (χ1n) is 6.81. The molecular weight excluding hydrogens is 258 g/mol. The van der Waals surface area contributed by atoms with Crippen LogP contribution in [0, 0.1) is 22.0 Å². The molecule has 1 aliphatic rings. The SMILES string of the molecule is CCc1ccc(NC(=O)[C@@H]2CNC[C@H]2C)cc1[N+](=O)[O-]. The number of nitrogens with one attached hydrogen (secondary N) is 2. The Kier molecular flexibility index (Phi) is 4.34. The van der Waals surface area contributed by atoms with Gasteiger partial charge in [0.2, 0.25) is 5.91 Å². The van der Waals surface area contributed by atoms with E-state index in [0.29, 0.717) is 24.2 Å². The Bertz CT molecular complexity index is 530. The van der Waals surface area contributed by atoms with Gasteiger partial charge in [0, 0.05) is 23.9 Å². The summed E-state index contributed by atoms with van der Waals surface area (Å²) in [6, 6.07) is 4.85. The van der Waals surface area contributed by atoms with Gasteiger partial charge in [-0.15, -0.1) is 0 Å². The van der Waals surface area contributed by atoms with Gasteiger partial charge in [-0.1, -0.05) is 19.9 Å². The molecule has 6 nitrogen and oxygen atoms in total. The van der Waals surface area contributed by atoms with Gasteiger partial charge in [0.25, 0.3) is 5.69 Å². The van der Waals surface area contributed by atoms with Gasteiger partial charge in [-0.05, 0) is 24.9 Å². The zero-order valence-corrected chi connectivity index (χ0v) is 11.7. The summed E-state index contributed by atoms with van der Waals surface area (Å²) >= 11 is 0. The lowest BCUT2D eigenvalue weighted by Gasteiger charge is -2.14. The summed E-state index contributed by atoms with van der Waals surface area (Å²) in [6.07, 6.45) is 0.591. The maximum absolute atomic E-state index is 12.1. The fraction of sp³-hybridized carbons (Fsp3) is 0.500. The number of benzene rings is 1. The Morgan fingerprint density at radius 1 is 1.50 bits per heavy atom. The average Bonchev–Trinajstić information content (AvgIpc) is 2.85. The highest BCUT2D eigenvalue weighted by atomic mass is 16.6. The third-order valence-corrected chi connectivity index (χ3v) is 3.78. The zero-order valence-electron chi connectivity index (χ0n) is 11.7. The van der Waals surface area contributed by atoms with Crippen LogP contribution >= 0.6 is 0 Å². The number of rotatable bonds is 4. The molecule has 1 fully saturated rings. The molecule has 6 heteroatoms. The maximum Gasteiger partial charge on any atom is 0.274 e. The first-order chi connectivity index (χ1) is 9.52. The van der Waals surface area contributed by atoms with Gasteiger partial charge in [-0.3, -0.25) is 14.9 Å². The number of nitro groups is 1. The summed E-state index contributed by atoms with van der Waals surface area (Å²) in [6.45, 7) is 5.37. The molecule has 20 heavy (non-hydrogen) atoms. The Morgan fingerprint density at radius 3 is 2.80 bits per heavy atom. The molecule has 1 saturated heterocycles. The highest BCUT2D eigenvalue weighted by molar-refractivity contribution is 5.93. The molecule has 1 heterocycles. The summed E-state index contributed by atoms with van der Waals surface area (Å²) in [5.74, 6) is 0.112. The number of aryl methyl sites for hydroxylation is 1. The standard InChI is InChI=1S/C14H19N3O3/c1-3-10-4-5-11(6-13(10)17(19)20)16-14(18)12-8-15-7-9(12)2/h4-6,9,12,15H,3,7-8H2,1-2H3,(H,16,18)/t9-,12-/m1/s1. The second-order valence-corrected chi connectivity index (χ2v) is 5.19. The molecule has 2 atom stereocenters. The predicted octanol–water partition coefficient (Wildman–Crippen LogP) is 1.95. The lowest BCUT2D eigenvalue weighted by atomic mass is 9.97. The Hall–Kier alpha value is -1.95. The first kappa shape index (κ1) is 14.5. The summed E-state index contributed by atoms with van der Waals surface area (Å²) in [4.78, 5) is 22.7. The van der Waals surface area contributed by atoms with E-state index >= 15 is 0 Å². The summed E-state index contributed by atoms with van der Waals surface area (Å²) in [5.41, 5.74) is 1.21. The predicted molar refractivity (Wildman–Crippen MR) is 76.6 cm³/mol. The molecule has 0 radical (unpaired) electrons. The van der Waals surface area contributed by atoms with Gasteiger partial charge < -0.3 is 10.6 Å². The lowest BCUT2D eigenvalue weighted by molar-refractivity contribution is -0.385. The van der Waals surface area contributed by atoms with Gasteiger partial charge in [0.05, 0.1) is 10.8 Å². The van der Waals surface area contributed by atoms with Crippen LogP contribution in [0.1, 0.15) is 19.4 Å². The van der Waals surface area contributed by atoms with Gasteiger partial charge in [0.1, 0.15) is 0 Å². The molecule has 108 valence electrons. The van der Waals surface area contributed by atoms with Crippen LogP contribution in [-0.2, 0) is 11.2 Å². The van der Waals surface area contributed by atoms with Gasteiger partial charge in [-0.25, -0.2) is 0 Å². The summed E-state index contributed by atoms with van der Waals surface area (Å²) < 4.78 is 0. The first-order valence-corrected chi connectivity index (χ1v) is 6.81. The van der Waals surface area contributed by atoms with Crippen molar-refractivity contribution in [2.45, 2.75) is 20.3 Å². The van der Waals surface area contributed by atoms with Crippen molar-refractivity contribution in [3.8, 4) is 0 Å².